The summed E-state index contributed by atoms with van der Waals surface area (Å²) in [6.45, 7) is 1.63. The van der Waals surface area contributed by atoms with Crippen LogP contribution in [0.3, 0.4) is 0 Å². The molecule has 0 radical (unpaired) electrons. The Morgan fingerprint density at radius 2 is 1.72 bits per heavy atom. The molecule has 0 saturated heterocycles. The molecule has 7 N–H and O–H groups in total. The van der Waals surface area contributed by atoms with Crippen molar-refractivity contribution in [1.29, 1.82) is 0 Å². The summed E-state index contributed by atoms with van der Waals surface area (Å²) >= 11 is 0. The Bertz CT molecular complexity index is 1250. The van der Waals surface area contributed by atoms with Crippen LogP contribution in [0.2, 0.25) is 0 Å². The van der Waals surface area contributed by atoms with Crippen LogP contribution in [-0.2, 0) is 4.74 Å². The Morgan fingerprint density at radius 3 is 2.38 bits per heavy atom. The molecule has 9 heteroatoms. The second-order valence-electron chi connectivity index (χ2n) is 6.67. The van der Waals surface area contributed by atoms with Crippen molar-refractivity contribution < 1.29 is 39.9 Å². The topological polar surface area (TPSA) is 171 Å². The van der Waals surface area contributed by atoms with Gasteiger partial charge in [-0.25, -0.2) is 4.79 Å². The summed E-state index contributed by atoms with van der Waals surface area (Å²) in [5.74, 6) is -5.30. The lowest BCUT2D eigenvalue weighted by Crippen LogP contribution is -2.12. The van der Waals surface area contributed by atoms with Crippen LogP contribution in [0.15, 0.2) is 24.3 Å². The van der Waals surface area contributed by atoms with Gasteiger partial charge in [0.2, 0.25) is 0 Å². The number of carbonyl (C=O) groups excluding carboxylic acids is 2. The van der Waals surface area contributed by atoms with E-state index in [9.17, 15) is 35.1 Å². The molecule has 29 heavy (non-hydrogen) atoms. The van der Waals surface area contributed by atoms with Gasteiger partial charge < -0.3 is 36.0 Å². The minimum atomic E-state index is -1.30. The van der Waals surface area contributed by atoms with Crippen molar-refractivity contribution in [1.82, 2.24) is 0 Å². The van der Waals surface area contributed by atoms with Crippen LogP contribution in [-0.4, -0.2) is 37.4 Å². The van der Waals surface area contributed by atoms with E-state index >= 15 is 0 Å². The van der Waals surface area contributed by atoms with E-state index in [1.807, 2.05) is 0 Å². The maximum atomic E-state index is 12.5. The summed E-state index contributed by atoms with van der Waals surface area (Å²) in [6, 6.07) is 5.48. The SMILES string of the molecule is Cc1c2c(c(O)c3c(O)cccc13)C(=O)OC2c1cc(O)c(C(N)=O)c(O)c1O. The standard InChI is InChI=1S/C20H15NO8/c1-6-7-3-2-4-9(22)12(7)16(25)14-11(6)18(29-20(14)28)8-5-10(23)13(19(21)27)17(26)15(8)24/h2-5,18,22-26H,1H3,(H2,21,27). The number of hydrogen-bond acceptors (Lipinski definition) is 8. The number of aryl methyl sites for hydroxylation is 1. The molecule has 0 saturated carbocycles. The fraction of sp³-hybridized carbons (Fsp3) is 0.100. The summed E-state index contributed by atoms with van der Waals surface area (Å²) in [6.07, 6.45) is -1.30. The smallest absolute Gasteiger partial charge is 0.343 e. The maximum absolute atomic E-state index is 12.5. The quantitative estimate of drug-likeness (QED) is 0.217. The third kappa shape index (κ3) is 2.34. The first-order valence-electron chi connectivity index (χ1n) is 8.40. The summed E-state index contributed by atoms with van der Waals surface area (Å²) in [7, 11) is 0. The van der Waals surface area contributed by atoms with Crippen LogP contribution in [0, 0.1) is 6.92 Å². The van der Waals surface area contributed by atoms with E-state index in [0.29, 0.717) is 10.9 Å². The lowest BCUT2D eigenvalue weighted by atomic mass is 9.88. The molecule has 0 bridgehead atoms. The number of aromatic hydroxyl groups is 5. The number of nitrogens with two attached hydrogens (primary N) is 1. The highest BCUT2D eigenvalue weighted by atomic mass is 16.6. The zero-order chi connectivity index (χ0) is 21.2. The summed E-state index contributed by atoms with van der Waals surface area (Å²) in [5, 5.41) is 51.8. The molecule has 9 nitrogen and oxygen atoms in total. The van der Waals surface area contributed by atoms with Crippen molar-refractivity contribution in [2.75, 3.05) is 0 Å². The summed E-state index contributed by atoms with van der Waals surface area (Å²) in [5.41, 5.74) is 4.65. The lowest BCUT2D eigenvalue weighted by molar-refractivity contribution is 0.0449. The molecule has 1 amide bonds. The van der Waals surface area contributed by atoms with E-state index < -0.39 is 46.5 Å². The highest BCUT2D eigenvalue weighted by Gasteiger charge is 2.40. The Kier molecular flexibility index (Phi) is 3.73. The van der Waals surface area contributed by atoms with Crippen LogP contribution in [0.4, 0.5) is 0 Å². The second-order valence-corrected chi connectivity index (χ2v) is 6.67. The Morgan fingerprint density at radius 1 is 1.03 bits per heavy atom. The number of ether oxygens (including phenoxy) is 1. The van der Waals surface area contributed by atoms with Crippen LogP contribution < -0.4 is 5.73 Å². The van der Waals surface area contributed by atoms with Crippen molar-refractivity contribution in [3.8, 4) is 28.7 Å². The minimum Gasteiger partial charge on any atom is -0.507 e. The molecule has 0 aliphatic carbocycles. The molecular formula is C20H15NO8. The number of esters is 1. The number of fused-ring (bicyclic) bond motifs is 2. The van der Waals surface area contributed by atoms with Gasteiger partial charge in [-0.3, -0.25) is 4.79 Å². The normalized spacial score (nSPS) is 15.3. The van der Waals surface area contributed by atoms with E-state index in [0.717, 1.165) is 6.07 Å². The Labute approximate surface area is 162 Å². The average molecular weight is 397 g/mol. The highest BCUT2D eigenvalue weighted by molar-refractivity contribution is 6.08. The van der Waals surface area contributed by atoms with Crippen LogP contribution in [0.1, 0.15) is 43.5 Å². The first kappa shape index (κ1) is 18.2. The first-order valence-corrected chi connectivity index (χ1v) is 8.40. The number of carbonyl (C=O) groups is 2. The third-order valence-electron chi connectivity index (χ3n) is 5.10. The van der Waals surface area contributed by atoms with Gasteiger partial charge in [0, 0.05) is 11.1 Å². The van der Waals surface area contributed by atoms with E-state index in [-0.39, 0.29) is 27.8 Å². The molecule has 1 aliphatic rings. The van der Waals surface area contributed by atoms with E-state index in [2.05, 4.69) is 0 Å². The molecule has 3 aromatic rings. The van der Waals surface area contributed by atoms with Gasteiger partial charge in [-0.15, -0.1) is 0 Å². The van der Waals surface area contributed by atoms with E-state index in [1.54, 1.807) is 19.1 Å². The van der Waals surface area contributed by atoms with Crippen molar-refractivity contribution in [2.45, 2.75) is 13.0 Å². The second kappa shape index (κ2) is 5.93. The van der Waals surface area contributed by atoms with Gasteiger partial charge in [-0.1, -0.05) is 12.1 Å². The number of hydrogen-bond donors (Lipinski definition) is 6. The van der Waals surface area contributed by atoms with Gasteiger partial charge >= 0.3 is 5.97 Å². The molecule has 0 fully saturated rings. The molecule has 4 rings (SSSR count). The van der Waals surface area contributed by atoms with Crippen LogP contribution >= 0.6 is 0 Å². The molecule has 1 unspecified atom stereocenters. The minimum absolute atomic E-state index is 0.0698. The number of phenols is 5. The molecule has 3 aromatic carbocycles. The van der Waals surface area contributed by atoms with Crippen molar-refractivity contribution in [3.63, 3.8) is 0 Å². The van der Waals surface area contributed by atoms with Crippen LogP contribution in [0.25, 0.3) is 10.8 Å². The van der Waals surface area contributed by atoms with Crippen molar-refractivity contribution in [3.05, 3.63) is 52.1 Å². The molecule has 1 aliphatic heterocycles. The van der Waals surface area contributed by atoms with E-state index in [4.69, 9.17) is 10.5 Å². The largest absolute Gasteiger partial charge is 0.507 e. The predicted molar refractivity (Wildman–Crippen MR) is 99.2 cm³/mol. The fourth-order valence-electron chi connectivity index (χ4n) is 3.77. The Hall–Kier alpha value is -4.14. The maximum Gasteiger partial charge on any atom is 0.343 e. The lowest BCUT2D eigenvalue weighted by Gasteiger charge is -2.18. The molecular weight excluding hydrogens is 382 g/mol. The fourth-order valence-corrected chi connectivity index (χ4v) is 3.77. The van der Waals surface area contributed by atoms with Crippen molar-refractivity contribution >= 4 is 22.6 Å². The number of phenolic OH excluding ortho intramolecular Hbond substituents is 3. The predicted octanol–water partition coefficient (Wildman–Crippen LogP) is 2.03. The number of amides is 1. The van der Waals surface area contributed by atoms with Gasteiger partial charge in [0.1, 0.15) is 28.4 Å². The number of cyclic esters (lactones) is 1. The number of primary amides is 1. The molecule has 1 heterocycles. The summed E-state index contributed by atoms with van der Waals surface area (Å²) < 4.78 is 5.30. The van der Waals surface area contributed by atoms with E-state index in [1.165, 1.54) is 6.07 Å². The van der Waals surface area contributed by atoms with Gasteiger partial charge in [0.25, 0.3) is 5.91 Å². The van der Waals surface area contributed by atoms with Gasteiger partial charge in [0.15, 0.2) is 17.6 Å². The number of rotatable bonds is 2. The molecule has 148 valence electrons. The third-order valence-corrected chi connectivity index (χ3v) is 5.10. The van der Waals surface area contributed by atoms with Gasteiger partial charge in [0.05, 0.1) is 5.39 Å². The monoisotopic (exact) mass is 397 g/mol. The zero-order valence-corrected chi connectivity index (χ0v) is 14.9. The highest BCUT2D eigenvalue weighted by Crippen LogP contribution is 2.51. The number of benzene rings is 3. The van der Waals surface area contributed by atoms with Gasteiger partial charge in [-0.2, -0.15) is 0 Å². The average Bonchev–Trinajstić information content (AvgIpc) is 3.00. The first-order chi connectivity index (χ1) is 13.6. The molecule has 1 atom stereocenters. The zero-order valence-electron chi connectivity index (χ0n) is 14.9. The summed E-state index contributed by atoms with van der Waals surface area (Å²) in [4.78, 5) is 23.9. The van der Waals surface area contributed by atoms with Crippen LogP contribution in [0.5, 0.6) is 28.7 Å². The van der Waals surface area contributed by atoms with Crippen molar-refractivity contribution in [2.24, 2.45) is 5.73 Å². The van der Waals surface area contributed by atoms with Gasteiger partial charge in [-0.05, 0) is 30.0 Å². The molecule has 0 aromatic heterocycles. The molecule has 0 spiro atoms. The Balaban J connectivity index is 2.05.